The molecule has 1 atom stereocenters. The lowest BCUT2D eigenvalue weighted by Crippen LogP contribution is -2.33. The van der Waals surface area contributed by atoms with Gasteiger partial charge in [0.05, 0.1) is 31.0 Å². The molecule has 0 bridgehead atoms. The Bertz CT molecular complexity index is 206. The monoisotopic (exact) mass is 262 g/mol. The van der Waals surface area contributed by atoms with Crippen LogP contribution in [0.25, 0.3) is 0 Å². The predicted molar refractivity (Wildman–Crippen MR) is 72.7 cm³/mol. The fraction of sp³-hybridized carbons (Fsp3) is 1.00. The van der Waals surface area contributed by atoms with E-state index < -0.39 is 0 Å². The van der Waals surface area contributed by atoms with Gasteiger partial charge in [-0.3, -0.25) is 0 Å². The second kappa shape index (κ2) is 8.86. The highest BCUT2D eigenvalue weighted by molar-refractivity contribution is 4.75. The highest BCUT2D eigenvalue weighted by Crippen LogP contribution is 2.23. The molecule has 0 radical (unpaired) electrons. The van der Waals surface area contributed by atoms with Gasteiger partial charge in [-0.1, -0.05) is 6.92 Å². The average molecular weight is 262 g/mol. The molecule has 0 aromatic carbocycles. The Balaban J connectivity index is 3.98. The summed E-state index contributed by atoms with van der Waals surface area (Å²) < 4.78 is 11.5. The molecule has 1 unspecified atom stereocenters. The Morgan fingerprint density at radius 2 is 1.56 bits per heavy atom. The molecule has 0 spiro atoms. The van der Waals surface area contributed by atoms with Gasteiger partial charge in [-0.15, -0.1) is 0 Å². The number of aliphatic hydroxyl groups is 2. The Kier molecular flexibility index (Phi) is 8.78. The van der Waals surface area contributed by atoms with Crippen molar-refractivity contribution in [3.8, 4) is 0 Å². The molecule has 18 heavy (non-hydrogen) atoms. The van der Waals surface area contributed by atoms with Crippen LogP contribution in [0.1, 0.15) is 53.4 Å². The van der Waals surface area contributed by atoms with Crippen LogP contribution in [0.4, 0.5) is 0 Å². The Morgan fingerprint density at radius 3 is 2.06 bits per heavy atom. The van der Waals surface area contributed by atoms with Gasteiger partial charge in [-0.2, -0.15) is 0 Å². The lowest BCUT2D eigenvalue weighted by atomic mass is 9.96. The summed E-state index contributed by atoms with van der Waals surface area (Å²) in [6, 6.07) is 0. The minimum atomic E-state index is -0.269. The van der Waals surface area contributed by atoms with Crippen LogP contribution < -0.4 is 0 Å². The fourth-order valence-electron chi connectivity index (χ4n) is 1.74. The highest BCUT2D eigenvalue weighted by atomic mass is 16.5. The van der Waals surface area contributed by atoms with Crippen LogP contribution in [0.5, 0.6) is 0 Å². The summed E-state index contributed by atoms with van der Waals surface area (Å²) in [5.74, 6) is 0. The minimum Gasteiger partial charge on any atom is -0.396 e. The summed E-state index contributed by atoms with van der Waals surface area (Å²) in [5, 5.41) is 17.6. The molecule has 0 amide bonds. The van der Waals surface area contributed by atoms with Gasteiger partial charge in [0.1, 0.15) is 0 Å². The van der Waals surface area contributed by atoms with Crippen molar-refractivity contribution in [1.82, 2.24) is 0 Å². The first kappa shape index (κ1) is 17.8. The molecule has 4 nitrogen and oxygen atoms in total. The summed E-state index contributed by atoms with van der Waals surface area (Å²) >= 11 is 0. The van der Waals surface area contributed by atoms with E-state index in [4.69, 9.17) is 19.7 Å². The van der Waals surface area contributed by atoms with E-state index in [1.165, 1.54) is 0 Å². The van der Waals surface area contributed by atoms with E-state index in [9.17, 15) is 0 Å². The number of hydrogen-bond donors (Lipinski definition) is 2. The molecular formula is C14H30O4. The van der Waals surface area contributed by atoms with Gasteiger partial charge in [-0.05, 0) is 46.5 Å². The highest BCUT2D eigenvalue weighted by Gasteiger charge is 2.24. The second-order valence-electron chi connectivity index (χ2n) is 5.56. The van der Waals surface area contributed by atoms with Gasteiger partial charge in [-0.25, -0.2) is 0 Å². The van der Waals surface area contributed by atoms with E-state index in [0.29, 0.717) is 13.2 Å². The van der Waals surface area contributed by atoms with E-state index in [1.807, 2.05) is 13.8 Å². The molecule has 0 rings (SSSR count). The molecule has 0 aliphatic heterocycles. The van der Waals surface area contributed by atoms with Crippen LogP contribution in [0.2, 0.25) is 0 Å². The van der Waals surface area contributed by atoms with Gasteiger partial charge in [0.2, 0.25) is 0 Å². The van der Waals surface area contributed by atoms with Crippen LogP contribution in [-0.2, 0) is 9.47 Å². The zero-order valence-corrected chi connectivity index (χ0v) is 12.4. The number of aliphatic hydroxyl groups excluding tert-OH is 2. The third-order valence-electron chi connectivity index (χ3n) is 3.35. The molecule has 0 aliphatic rings. The molecule has 0 aromatic rings. The maximum atomic E-state index is 8.88. The van der Waals surface area contributed by atoms with Gasteiger partial charge >= 0.3 is 0 Å². The van der Waals surface area contributed by atoms with Gasteiger partial charge < -0.3 is 19.7 Å². The zero-order chi connectivity index (χ0) is 14.1. The summed E-state index contributed by atoms with van der Waals surface area (Å²) in [5.41, 5.74) is -0.426. The molecule has 0 aliphatic carbocycles. The van der Waals surface area contributed by atoms with Gasteiger partial charge in [0.15, 0.2) is 0 Å². The number of ether oxygens (including phenoxy) is 2. The molecule has 110 valence electrons. The summed E-state index contributed by atoms with van der Waals surface area (Å²) in [6.45, 7) is 9.45. The summed E-state index contributed by atoms with van der Waals surface area (Å²) in [6.07, 6.45) is 3.37. The van der Waals surface area contributed by atoms with Crippen molar-refractivity contribution in [2.45, 2.75) is 64.6 Å². The number of rotatable bonds is 11. The average Bonchev–Trinajstić information content (AvgIpc) is 2.34. The van der Waals surface area contributed by atoms with Crippen molar-refractivity contribution in [2.24, 2.45) is 0 Å². The summed E-state index contributed by atoms with van der Waals surface area (Å²) in [4.78, 5) is 0. The second-order valence-corrected chi connectivity index (χ2v) is 5.56. The molecule has 2 N–H and O–H groups in total. The van der Waals surface area contributed by atoms with Crippen molar-refractivity contribution in [3.05, 3.63) is 0 Å². The van der Waals surface area contributed by atoms with Crippen molar-refractivity contribution < 1.29 is 19.7 Å². The molecule has 0 fully saturated rings. The van der Waals surface area contributed by atoms with Crippen molar-refractivity contribution in [1.29, 1.82) is 0 Å². The maximum Gasteiger partial charge on any atom is 0.0705 e. The Hall–Kier alpha value is -0.160. The first-order chi connectivity index (χ1) is 8.39. The van der Waals surface area contributed by atoms with Gasteiger partial charge in [0.25, 0.3) is 0 Å². The molecule has 0 saturated heterocycles. The van der Waals surface area contributed by atoms with Crippen molar-refractivity contribution in [2.75, 3.05) is 26.4 Å². The topological polar surface area (TPSA) is 58.9 Å². The standard InChI is InChI=1S/C14H30O4/c1-5-14(4,7-6-9-15)18-11-8-13(2,3)17-12-10-16/h15-16H,5-12H2,1-4H3. The van der Waals surface area contributed by atoms with Crippen LogP contribution in [0, 0.1) is 0 Å². The smallest absolute Gasteiger partial charge is 0.0705 e. The zero-order valence-electron chi connectivity index (χ0n) is 12.4. The van der Waals surface area contributed by atoms with Crippen LogP contribution in [0.15, 0.2) is 0 Å². The molecule has 0 saturated carbocycles. The maximum absolute atomic E-state index is 8.88. The Morgan fingerprint density at radius 1 is 0.889 bits per heavy atom. The minimum absolute atomic E-state index is 0.0491. The third-order valence-corrected chi connectivity index (χ3v) is 3.35. The third kappa shape index (κ3) is 8.03. The summed E-state index contributed by atoms with van der Waals surface area (Å²) in [7, 11) is 0. The largest absolute Gasteiger partial charge is 0.396 e. The van der Waals surface area contributed by atoms with E-state index in [0.717, 1.165) is 25.7 Å². The fourth-order valence-corrected chi connectivity index (χ4v) is 1.74. The van der Waals surface area contributed by atoms with Crippen molar-refractivity contribution >= 4 is 0 Å². The SMILES string of the molecule is CCC(C)(CCCO)OCCC(C)(C)OCCO. The molecule has 0 aromatic heterocycles. The van der Waals surface area contributed by atoms with Crippen LogP contribution in [0.3, 0.4) is 0 Å². The molecular weight excluding hydrogens is 232 g/mol. The normalized spacial score (nSPS) is 15.7. The first-order valence-corrected chi connectivity index (χ1v) is 6.89. The lowest BCUT2D eigenvalue weighted by molar-refractivity contribution is -0.0880. The number of hydrogen-bond acceptors (Lipinski definition) is 4. The van der Waals surface area contributed by atoms with E-state index in [2.05, 4.69) is 13.8 Å². The quantitative estimate of drug-likeness (QED) is 0.599. The van der Waals surface area contributed by atoms with E-state index in [1.54, 1.807) is 0 Å². The van der Waals surface area contributed by atoms with Crippen LogP contribution in [-0.4, -0.2) is 47.8 Å². The van der Waals surface area contributed by atoms with E-state index >= 15 is 0 Å². The van der Waals surface area contributed by atoms with Gasteiger partial charge in [0, 0.05) is 6.61 Å². The van der Waals surface area contributed by atoms with Crippen LogP contribution >= 0.6 is 0 Å². The lowest BCUT2D eigenvalue weighted by Gasteiger charge is -2.31. The van der Waals surface area contributed by atoms with Crippen molar-refractivity contribution in [3.63, 3.8) is 0 Å². The predicted octanol–water partition coefficient (Wildman–Crippen LogP) is 2.12. The van der Waals surface area contributed by atoms with E-state index in [-0.39, 0.29) is 24.4 Å². The molecule has 0 heterocycles. The molecule has 4 heteroatoms. The first-order valence-electron chi connectivity index (χ1n) is 6.89. The Labute approximate surface area is 111 Å².